The van der Waals surface area contributed by atoms with Crippen molar-refractivity contribution in [2.45, 2.75) is 19.9 Å². The Bertz CT molecular complexity index is 866. The summed E-state index contributed by atoms with van der Waals surface area (Å²) < 4.78 is 0. The number of aryl methyl sites for hydroxylation is 2. The Morgan fingerprint density at radius 3 is 2.50 bits per heavy atom. The summed E-state index contributed by atoms with van der Waals surface area (Å²) >= 11 is 0. The molecule has 0 saturated carbocycles. The van der Waals surface area contributed by atoms with Crippen molar-refractivity contribution in [2.75, 3.05) is 18.9 Å². The number of carbonyl (C=O) groups excluding carboxylic acids is 1. The maximum Gasteiger partial charge on any atom is 0.228 e. The van der Waals surface area contributed by atoms with Gasteiger partial charge in [0, 0.05) is 23.7 Å². The van der Waals surface area contributed by atoms with Crippen LogP contribution in [-0.2, 0) is 17.8 Å². The van der Waals surface area contributed by atoms with E-state index in [1.54, 1.807) is 4.80 Å². The van der Waals surface area contributed by atoms with Crippen LogP contribution in [0.15, 0.2) is 54.6 Å². The van der Waals surface area contributed by atoms with Gasteiger partial charge in [0.15, 0.2) is 0 Å². The van der Waals surface area contributed by atoms with Crippen molar-refractivity contribution >= 4 is 24.0 Å². The Morgan fingerprint density at radius 1 is 1.11 bits per heavy atom. The molecule has 0 spiro atoms. The van der Waals surface area contributed by atoms with E-state index in [2.05, 4.69) is 26.0 Å². The maximum absolute atomic E-state index is 12.0. The third kappa shape index (κ3) is 5.87. The molecule has 3 rings (SSSR count). The zero-order chi connectivity index (χ0) is 19.1. The van der Waals surface area contributed by atoms with Crippen LogP contribution in [0.5, 0.6) is 0 Å². The van der Waals surface area contributed by atoms with Crippen molar-refractivity contribution in [3.63, 3.8) is 0 Å². The van der Waals surface area contributed by atoms with Crippen LogP contribution in [0.1, 0.15) is 12.5 Å². The molecule has 0 saturated heterocycles. The zero-order valence-corrected chi connectivity index (χ0v) is 16.8. The van der Waals surface area contributed by atoms with E-state index in [0.717, 1.165) is 23.2 Å². The van der Waals surface area contributed by atoms with Gasteiger partial charge in [-0.2, -0.15) is 4.80 Å². The van der Waals surface area contributed by atoms with Gasteiger partial charge >= 0.3 is 0 Å². The summed E-state index contributed by atoms with van der Waals surface area (Å²) in [6.07, 6.45) is 0.787. The zero-order valence-electron chi connectivity index (χ0n) is 16.0. The maximum atomic E-state index is 12.0. The van der Waals surface area contributed by atoms with E-state index in [1.807, 2.05) is 68.6 Å². The molecule has 1 aromatic heterocycles. The third-order valence-electron chi connectivity index (χ3n) is 4.26. The molecule has 2 aromatic carbocycles. The third-order valence-corrected chi connectivity index (χ3v) is 4.26. The van der Waals surface area contributed by atoms with Crippen LogP contribution in [-0.4, -0.2) is 39.7 Å². The number of carbonyl (C=O) groups is 1. The quantitative estimate of drug-likeness (QED) is 0.607. The molecule has 7 nitrogen and oxygen atoms in total. The number of anilines is 1. The lowest BCUT2D eigenvalue weighted by Crippen LogP contribution is -2.28. The highest BCUT2D eigenvalue weighted by atomic mass is 35.5. The van der Waals surface area contributed by atoms with Gasteiger partial charge in [0.1, 0.15) is 0 Å². The first-order valence-corrected chi connectivity index (χ1v) is 9.03. The summed E-state index contributed by atoms with van der Waals surface area (Å²) in [6, 6.07) is 17.7. The normalized spacial score (nSPS) is 11.5. The van der Waals surface area contributed by atoms with Gasteiger partial charge in [-0.1, -0.05) is 49.4 Å². The molecule has 0 aliphatic heterocycles. The van der Waals surface area contributed by atoms with E-state index in [-0.39, 0.29) is 24.2 Å². The Hall–Kier alpha value is -2.77. The van der Waals surface area contributed by atoms with Crippen LogP contribution in [0, 0.1) is 5.92 Å². The second-order valence-electron chi connectivity index (χ2n) is 6.47. The number of amides is 1. The predicted molar refractivity (Wildman–Crippen MR) is 112 cm³/mol. The molecule has 8 heteroatoms. The van der Waals surface area contributed by atoms with Crippen LogP contribution in [0.25, 0.3) is 11.4 Å². The number of nitrogens with zero attached hydrogens (tertiary/aromatic N) is 4. The molecule has 1 atom stereocenters. The molecule has 0 fully saturated rings. The molecule has 2 N–H and O–H groups in total. The molecule has 148 valence electrons. The van der Waals surface area contributed by atoms with Crippen LogP contribution in [0.2, 0.25) is 0 Å². The molecule has 1 unspecified atom stereocenters. The molecule has 0 aliphatic rings. The average Bonchev–Trinajstić information content (AvgIpc) is 3.17. The topological polar surface area (TPSA) is 84.7 Å². The molecule has 0 aliphatic carbocycles. The van der Waals surface area contributed by atoms with Crippen LogP contribution in [0.3, 0.4) is 0 Å². The number of benzene rings is 2. The summed E-state index contributed by atoms with van der Waals surface area (Å²) in [5.41, 5.74) is 2.91. The summed E-state index contributed by atoms with van der Waals surface area (Å²) in [7, 11) is 1.84. The lowest BCUT2D eigenvalue weighted by Gasteiger charge is -2.12. The summed E-state index contributed by atoms with van der Waals surface area (Å²) in [4.78, 5) is 13.6. The number of aromatic nitrogens is 4. The van der Waals surface area contributed by atoms with Crippen molar-refractivity contribution in [1.82, 2.24) is 25.5 Å². The van der Waals surface area contributed by atoms with Crippen molar-refractivity contribution in [3.8, 4) is 11.4 Å². The number of rotatable bonds is 8. The minimum absolute atomic E-state index is 0. The van der Waals surface area contributed by atoms with Crippen LogP contribution in [0.4, 0.5) is 5.69 Å². The lowest BCUT2D eigenvalue weighted by atomic mass is 10.1. The van der Waals surface area contributed by atoms with Gasteiger partial charge in [0.25, 0.3) is 0 Å². The first-order valence-electron chi connectivity index (χ1n) is 9.03. The standard InChI is InChI=1S/C20H24N6O.ClH/c1-15(14-21-2)20(27)22-18-10-8-16(9-11-18)12-13-26-24-19(23-25-26)17-6-4-3-5-7-17;/h3-11,15,21H,12-14H2,1-2H3,(H,22,27);1H. The molecular formula is C20H25ClN6O. The fraction of sp³-hybridized carbons (Fsp3) is 0.300. The lowest BCUT2D eigenvalue weighted by molar-refractivity contribution is -0.119. The molecule has 0 bridgehead atoms. The second kappa shape index (κ2) is 10.5. The van der Waals surface area contributed by atoms with E-state index >= 15 is 0 Å². The van der Waals surface area contributed by atoms with Crippen molar-refractivity contribution in [3.05, 3.63) is 60.2 Å². The molecule has 28 heavy (non-hydrogen) atoms. The average molecular weight is 401 g/mol. The molecule has 1 heterocycles. The van der Waals surface area contributed by atoms with Gasteiger partial charge in [-0.3, -0.25) is 4.79 Å². The van der Waals surface area contributed by atoms with E-state index in [4.69, 9.17) is 0 Å². The number of halogens is 1. The Kier molecular flexibility index (Phi) is 8.10. The summed E-state index contributed by atoms with van der Waals surface area (Å²) in [6.45, 7) is 3.19. The van der Waals surface area contributed by atoms with Crippen LogP contribution >= 0.6 is 12.4 Å². The fourth-order valence-corrected chi connectivity index (χ4v) is 2.69. The number of tetrazole rings is 1. The molecule has 1 amide bonds. The highest BCUT2D eigenvalue weighted by Gasteiger charge is 2.11. The second-order valence-corrected chi connectivity index (χ2v) is 6.47. The van der Waals surface area contributed by atoms with Gasteiger partial charge in [-0.25, -0.2) is 0 Å². The van der Waals surface area contributed by atoms with Gasteiger partial charge in [-0.15, -0.1) is 22.6 Å². The smallest absolute Gasteiger partial charge is 0.228 e. The molecule has 0 radical (unpaired) electrons. The minimum atomic E-state index is -0.0770. The van der Waals surface area contributed by atoms with E-state index < -0.39 is 0 Å². The Balaban J connectivity index is 0.00000280. The van der Waals surface area contributed by atoms with Gasteiger partial charge < -0.3 is 10.6 Å². The van der Waals surface area contributed by atoms with Crippen molar-refractivity contribution in [2.24, 2.45) is 5.92 Å². The summed E-state index contributed by atoms with van der Waals surface area (Å²) in [5, 5.41) is 18.6. The van der Waals surface area contributed by atoms with Crippen molar-refractivity contribution < 1.29 is 4.79 Å². The van der Waals surface area contributed by atoms with Gasteiger partial charge in [0.2, 0.25) is 11.7 Å². The highest BCUT2D eigenvalue weighted by Crippen LogP contribution is 2.13. The largest absolute Gasteiger partial charge is 0.326 e. The monoisotopic (exact) mass is 400 g/mol. The number of nitrogens with one attached hydrogen (secondary N) is 2. The van der Waals surface area contributed by atoms with Crippen LogP contribution < -0.4 is 10.6 Å². The van der Waals surface area contributed by atoms with Crippen molar-refractivity contribution in [1.29, 1.82) is 0 Å². The number of hydrogen-bond donors (Lipinski definition) is 2. The fourth-order valence-electron chi connectivity index (χ4n) is 2.69. The van der Waals surface area contributed by atoms with Gasteiger partial charge in [-0.05, 0) is 36.4 Å². The SMILES string of the molecule is CNCC(C)C(=O)Nc1ccc(CCn2nnc(-c3ccccc3)n2)cc1.Cl. The van der Waals surface area contributed by atoms with E-state index in [0.29, 0.717) is 18.9 Å². The van der Waals surface area contributed by atoms with E-state index in [9.17, 15) is 4.79 Å². The number of hydrogen-bond acceptors (Lipinski definition) is 5. The molecular weight excluding hydrogens is 376 g/mol. The minimum Gasteiger partial charge on any atom is -0.326 e. The van der Waals surface area contributed by atoms with E-state index in [1.165, 1.54) is 0 Å². The Morgan fingerprint density at radius 2 is 1.82 bits per heavy atom. The van der Waals surface area contributed by atoms with Gasteiger partial charge in [0.05, 0.1) is 6.54 Å². The first kappa shape index (κ1) is 21.5. The Labute approximate surface area is 170 Å². The summed E-state index contributed by atoms with van der Waals surface area (Å²) in [5.74, 6) is 0.564. The highest BCUT2D eigenvalue weighted by molar-refractivity contribution is 5.92. The molecule has 3 aromatic rings. The predicted octanol–water partition coefficient (Wildman–Crippen LogP) is 2.80. The first-order chi connectivity index (χ1) is 13.2.